The van der Waals surface area contributed by atoms with Crippen LogP contribution < -0.4 is 5.01 Å². The predicted molar refractivity (Wildman–Crippen MR) is 127 cm³/mol. The van der Waals surface area contributed by atoms with Crippen LogP contribution in [0.2, 0.25) is 5.02 Å². The van der Waals surface area contributed by atoms with Gasteiger partial charge >= 0.3 is 0 Å². The number of phenolic OH excluding ortho intramolecular Hbond substituents is 1. The van der Waals surface area contributed by atoms with E-state index in [-0.39, 0.29) is 11.5 Å². The average molecular weight is 430 g/mol. The van der Waals surface area contributed by atoms with Crippen molar-refractivity contribution in [2.45, 2.75) is 13.3 Å². The number of carbonyl (C=O) groups excluding carboxylic acids is 1. The zero-order chi connectivity index (χ0) is 21.8. The van der Waals surface area contributed by atoms with Crippen LogP contribution in [0.25, 0.3) is 6.08 Å². The monoisotopic (exact) mass is 429 g/mol. The molecular weight excluding hydrogens is 410 g/mol. The van der Waals surface area contributed by atoms with Crippen molar-refractivity contribution < 1.29 is 9.90 Å². The molecule has 0 unspecified atom stereocenters. The Morgan fingerprint density at radius 1 is 1.06 bits per heavy atom. The number of benzene rings is 3. The van der Waals surface area contributed by atoms with Crippen molar-refractivity contribution >= 4 is 46.4 Å². The molecule has 1 aliphatic rings. The molecular formula is C25H20ClN3O2. The van der Waals surface area contributed by atoms with Crippen LogP contribution in [0.15, 0.2) is 89.0 Å². The number of allylic oxidation sites excluding steroid dienone is 1. The zero-order valence-corrected chi connectivity index (χ0v) is 17.6. The van der Waals surface area contributed by atoms with Crippen LogP contribution in [-0.4, -0.2) is 22.4 Å². The first-order chi connectivity index (χ1) is 15.0. The van der Waals surface area contributed by atoms with Gasteiger partial charge in [0.2, 0.25) is 0 Å². The van der Waals surface area contributed by atoms with Gasteiger partial charge < -0.3 is 5.11 Å². The van der Waals surface area contributed by atoms with Gasteiger partial charge in [0.05, 0.1) is 16.4 Å². The summed E-state index contributed by atoms with van der Waals surface area (Å²) in [7, 11) is 0. The van der Waals surface area contributed by atoms with Crippen LogP contribution in [0.5, 0.6) is 5.75 Å². The summed E-state index contributed by atoms with van der Waals surface area (Å²) < 4.78 is 0. The Hall–Kier alpha value is -3.70. The third kappa shape index (κ3) is 4.73. The number of nitrogens with zero attached hydrogens (tertiary/aromatic N) is 3. The van der Waals surface area contributed by atoms with E-state index in [0.29, 0.717) is 22.6 Å². The van der Waals surface area contributed by atoms with Gasteiger partial charge in [-0.1, -0.05) is 41.9 Å². The van der Waals surface area contributed by atoms with Crippen LogP contribution in [0, 0.1) is 0 Å². The van der Waals surface area contributed by atoms with Crippen molar-refractivity contribution in [3.8, 4) is 5.75 Å². The highest BCUT2D eigenvalue weighted by atomic mass is 35.5. The fourth-order valence-electron chi connectivity index (χ4n) is 3.21. The number of anilines is 1. The SMILES string of the molecule is CC1=NN(c2ccccc2Cl)C(=Nc2ccc(C(=O)/C=C/c3ccccc3O)cc2)C1. The van der Waals surface area contributed by atoms with Crippen molar-refractivity contribution in [2.24, 2.45) is 10.1 Å². The van der Waals surface area contributed by atoms with Crippen molar-refractivity contribution in [3.63, 3.8) is 0 Å². The smallest absolute Gasteiger partial charge is 0.185 e. The molecule has 3 aromatic carbocycles. The number of ketones is 1. The molecule has 6 heteroatoms. The first-order valence-electron chi connectivity index (χ1n) is 9.78. The number of amidine groups is 1. The summed E-state index contributed by atoms with van der Waals surface area (Å²) in [4.78, 5) is 17.2. The third-order valence-corrected chi connectivity index (χ3v) is 5.09. The van der Waals surface area contributed by atoms with E-state index < -0.39 is 0 Å². The van der Waals surface area contributed by atoms with Crippen LogP contribution in [0.3, 0.4) is 0 Å². The van der Waals surface area contributed by atoms with Gasteiger partial charge in [0.25, 0.3) is 0 Å². The number of aromatic hydroxyl groups is 1. The van der Waals surface area contributed by atoms with Gasteiger partial charge in [-0.15, -0.1) is 0 Å². The molecule has 0 radical (unpaired) electrons. The topological polar surface area (TPSA) is 65.3 Å². The van der Waals surface area contributed by atoms with E-state index in [9.17, 15) is 9.90 Å². The Balaban J connectivity index is 1.53. The molecule has 0 fully saturated rings. The summed E-state index contributed by atoms with van der Waals surface area (Å²) in [5, 5.41) is 16.7. The van der Waals surface area contributed by atoms with Gasteiger partial charge in [0, 0.05) is 23.3 Å². The van der Waals surface area contributed by atoms with E-state index >= 15 is 0 Å². The van der Waals surface area contributed by atoms with E-state index in [1.54, 1.807) is 59.6 Å². The molecule has 0 aliphatic carbocycles. The van der Waals surface area contributed by atoms with Gasteiger partial charge in [0.1, 0.15) is 11.6 Å². The van der Waals surface area contributed by atoms with E-state index in [0.717, 1.165) is 22.9 Å². The van der Waals surface area contributed by atoms with Crippen LogP contribution in [0.4, 0.5) is 11.4 Å². The Morgan fingerprint density at radius 2 is 1.77 bits per heavy atom. The van der Waals surface area contributed by atoms with Crippen molar-refractivity contribution in [1.29, 1.82) is 0 Å². The highest BCUT2D eigenvalue weighted by Gasteiger charge is 2.22. The summed E-state index contributed by atoms with van der Waals surface area (Å²) in [5.74, 6) is 0.749. The molecule has 4 rings (SSSR count). The predicted octanol–water partition coefficient (Wildman–Crippen LogP) is 6.26. The summed E-state index contributed by atoms with van der Waals surface area (Å²) in [6.45, 7) is 1.95. The fourth-order valence-corrected chi connectivity index (χ4v) is 3.43. The Bertz CT molecular complexity index is 1210. The summed E-state index contributed by atoms with van der Waals surface area (Å²) in [6, 6.07) is 21.4. The molecule has 31 heavy (non-hydrogen) atoms. The van der Waals surface area contributed by atoms with Crippen molar-refractivity contribution in [2.75, 3.05) is 5.01 Å². The Labute approximate surface area is 185 Å². The van der Waals surface area contributed by atoms with Crippen LogP contribution >= 0.6 is 11.6 Å². The van der Waals surface area contributed by atoms with E-state index in [4.69, 9.17) is 16.6 Å². The molecule has 0 bridgehead atoms. The second-order valence-corrected chi connectivity index (χ2v) is 7.51. The lowest BCUT2D eigenvalue weighted by atomic mass is 10.1. The third-order valence-electron chi connectivity index (χ3n) is 4.77. The molecule has 0 spiro atoms. The normalized spacial score (nSPS) is 15.0. The lowest BCUT2D eigenvalue weighted by molar-refractivity contribution is 0.104. The summed E-state index contributed by atoms with van der Waals surface area (Å²) in [6.07, 6.45) is 3.67. The second kappa shape index (κ2) is 8.98. The van der Waals surface area contributed by atoms with E-state index in [1.807, 2.05) is 31.2 Å². The molecule has 154 valence electrons. The van der Waals surface area contributed by atoms with Gasteiger partial charge in [0.15, 0.2) is 5.78 Å². The van der Waals surface area contributed by atoms with Gasteiger partial charge in [-0.2, -0.15) is 5.10 Å². The molecule has 0 amide bonds. The second-order valence-electron chi connectivity index (χ2n) is 7.11. The molecule has 0 saturated carbocycles. The maximum atomic E-state index is 12.5. The molecule has 0 atom stereocenters. The van der Waals surface area contributed by atoms with Crippen LogP contribution in [0.1, 0.15) is 29.3 Å². The molecule has 0 saturated heterocycles. The number of phenols is 1. The molecule has 5 nitrogen and oxygen atoms in total. The zero-order valence-electron chi connectivity index (χ0n) is 16.9. The number of halogens is 1. The summed E-state index contributed by atoms with van der Waals surface area (Å²) >= 11 is 6.33. The Morgan fingerprint density at radius 3 is 2.52 bits per heavy atom. The first kappa shape index (κ1) is 20.6. The first-order valence-corrected chi connectivity index (χ1v) is 10.2. The van der Waals surface area contributed by atoms with Gasteiger partial charge in [-0.3, -0.25) is 4.79 Å². The standard InChI is InChI=1S/C25H20ClN3O2/c1-17-16-25(29(28-17)22-8-4-3-7-21(22)26)27-20-13-10-19(11-14-20)24(31)15-12-18-6-2-5-9-23(18)30/h2-15,30H,16H2,1H3/b15-12+,27-25?. The lowest BCUT2D eigenvalue weighted by Gasteiger charge is -2.16. The number of hydrogen-bond acceptors (Lipinski definition) is 4. The highest BCUT2D eigenvalue weighted by molar-refractivity contribution is 6.34. The highest BCUT2D eigenvalue weighted by Crippen LogP contribution is 2.30. The maximum absolute atomic E-state index is 12.5. The van der Waals surface area contributed by atoms with Crippen molar-refractivity contribution in [3.05, 3.63) is 95.0 Å². The number of hydrogen-bond donors (Lipinski definition) is 1. The molecule has 0 aromatic heterocycles. The Kier molecular flexibility index (Phi) is 5.96. The summed E-state index contributed by atoms with van der Waals surface area (Å²) in [5.41, 5.74) is 3.58. The van der Waals surface area contributed by atoms with Crippen molar-refractivity contribution in [1.82, 2.24) is 0 Å². The number of hydrazone groups is 1. The minimum atomic E-state index is -0.153. The van der Waals surface area contributed by atoms with Crippen LogP contribution in [-0.2, 0) is 0 Å². The largest absolute Gasteiger partial charge is 0.507 e. The van der Waals surface area contributed by atoms with E-state index in [1.165, 1.54) is 6.08 Å². The van der Waals surface area contributed by atoms with Gasteiger partial charge in [-0.05, 0) is 61.5 Å². The molecule has 3 aromatic rings. The minimum absolute atomic E-state index is 0.134. The van der Waals surface area contributed by atoms with E-state index in [2.05, 4.69) is 5.10 Å². The maximum Gasteiger partial charge on any atom is 0.185 e. The van der Waals surface area contributed by atoms with Gasteiger partial charge in [-0.25, -0.2) is 10.0 Å². The molecule has 1 aliphatic heterocycles. The fraction of sp³-hybridized carbons (Fsp3) is 0.0800. The number of para-hydroxylation sites is 2. The molecule has 1 N–H and O–H groups in total. The molecule has 1 heterocycles. The number of aliphatic imine (C=N–C) groups is 1. The quantitative estimate of drug-likeness (QED) is 0.384. The number of carbonyl (C=O) groups is 1. The average Bonchev–Trinajstić information content (AvgIpc) is 3.13. The minimum Gasteiger partial charge on any atom is -0.507 e. The number of rotatable bonds is 5. The lowest BCUT2D eigenvalue weighted by Crippen LogP contribution is -2.20.